The van der Waals surface area contributed by atoms with E-state index in [0.29, 0.717) is 36.2 Å². The smallest absolute Gasteiger partial charge is 0.302 e. The fourth-order valence-corrected chi connectivity index (χ4v) is 5.02. The van der Waals surface area contributed by atoms with Crippen LogP contribution in [0.15, 0.2) is 29.1 Å². The van der Waals surface area contributed by atoms with E-state index in [4.69, 9.17) is 16.0 Å². The highest BCUT2D eigenvalue weighted by Gasteiger charge is 2.41. The molecular formula is C22H31ClN6O2. The van der Waals surface area contributed by atoms with Crippen molar-refractivity contribution in [1.29, 1.82) is 0 Å². The van der Waals surface area contributed by atoms with Crippen LogP contribution in [0, 0.1) is 17.8 Å². The van der Waals surface area contributed by atoms with Crippen LogP contribution in [0.2, 0.25) is 0 Å². The summed E-state index contributed by atoms with van der Waals surface area (Å²) in [4.78, 5) is 28.0. The van der Waals surface area contributed by atoms with E-state index in [-0.39, 0.29) is 29.3 Å². The average Bonchev–Trinajstić information content (AvgIpc) is 3.26. The standard InChI is InChI=1S/C22H31ClN6O2/c1-13(2)12-29(22-25-8-9-31-22)19-6-7-24-21(28-19)26-14(3)17-11-15-10-16(23)4-5-18(15)27-20(17)30/h6-9,13-18H,4-5,10-12H2,1-3H3,(H,27,30)(H,24,26,28)/t14-,15?,16?,17?,18?/m0/s1. The van der Waals surface area contributed by atoms with Crippen LogP contribution >= 0.6 is 11.6 Å². The van der Waals surface area contributed by atoms with E-state index in [1.165, 1.54) is 0 Å². The Morgan fingerprint density at radius 2 is 2.10 bits per heavy atom. The number of halogens is 1. The molecule has 1 saturated heterocycles. The molecule has 8 nitrogen and oxygen atoms in total. The van der Waals surface area contributed by atoms with Crippen LogP contribution in [-0.2, 0) is 4.79 Å². The Kier molecular flexibility index (Phi) is 6.65. The summed E-state index contributed by atoms with van der Waals surface area (Å²) in [5.74, 6) is 1.96. The Morgan fingerprint density at radius 1 is 1.26 bits per heavy atom. The summed E-state index contributed by atoms with van der Waals surface area (Å²) in [5.41, 5.74) is 0. The summed E-state index contributed by atoms with van der Waals surface area (Å²) >= 11 is 6.39. The van der Waals surface area contributed by atoms with Gasteiger partial charge in [-0.3, -0.25) is 9.69 Å². The van der Waals surface area contributed by atoms with E-state index in [1.54, 1.807) is 18.7 Å². The van der Waals surface area contributed by atoms with E-state index < -0.39 is 0 Å². The Labute approximate surface area is 188 Å². The molecular weight excluding hydrogens is 416 g/mol. The number of rotatable bonds is 7. The molecule has 1 amide bonds. The summed E-state index contributed by atoms with van der Waals surface area (Å²) in [6.07, 6.45) is 8.62. The molecule has 0 spiro atoms. The van der Waals surface area contributed by atoms with E-state index >= 15 is 0 Å². The van der Waals surface area contributed by atoms with Gasteiger partial charge in [0, 0.05) is 30.2 Å². The summed E-state index contributed by atoms with van der Waals surface area (Å²) in [6.45, 7) is 6.98. The largest absolute Gasteiger partial charge is 0.432 e. The molecule has 2 aromatic rings. The van der Waals surface area contributed by atoms with Gasteiger partial charge in [0.2, 0.25) is 11.9 Å². The van der Waals surface area contributed by atoms with Gasteiger partial charge in [-0.2, -0.15) is 4.98 Å². The van der Waals surface area contributed by atoms with Gasteiger partial charge >= 0.3 is 6.01 Å². The molecule has 0 aromatic carbocycles. The van der Waals surface area contributed by atoms with Crippen LogP contribution in [-0.4, -0.2) is 44.9 Å². The second-order valence-electron chi connectivity index (χ2n) is 9.12. The SMILES string of the molecule is CC(C)CN(c1ccnc(N[C@@H](C)C2CC3CC(Cl)CCC3NC2=O)n1)c1ncco1. The van der Waals surface area contributed by atoms with Crippen molar-refractivity contribution in [3.05, 3.63) is 24.7 Å². The van der Waals surface area contributed by atoms with Gasteiger partial charge in [0.25, 0.3) is 0 Å². The predicted molar refractivity (Wildman–Crippen MR) is 120 cm³/mol. The van der Waals surface area contributed by atoms with Crippen molar-refractivity contribution in [3.63, 3.8) is 0 Å². The average molecular weight is 447 g/mol. The van der Waals surface area contributed by atoms with Crippen LogP contribution in [0.5, 0.6) is 0 Å². The minimum absolute atomic E-state index is 0.103. The summed E-state index contributed by atoms with van der Waals surface area (Å²) in [7, 11) is 0. The first-order valence-electron chi connectivity index (χ1n) is 11.1. The van der Waals surface area contributed by atoms with Crippen molar-refractivity contribution in [2.45, 2.75) is 63.9 Å². The molecule has 1 aliphatic heterocycles. The van der Waals surface area contributed by atoms with Crippen LogP contribution < -0.4 is 15.5 Å². The minimum Gasteiger partial charge on any atom is -0.432 e. The Bertz CT molecular complexity index is 877. The molecule has 1 saturated carbocycles. The third kappa shape index (κ3) is 5.11. The second kappa shape index (κ2) is 9.42. The van der Waals surface area contributed by atoms with Gasteiger partial charge < -0.3 is 15.1 Å². The van der Waals surface area contributed by atoms with Crippen molar-refractivity contribution in [2.75, 3.05) is 16.8 Å². The van der Waals surface area contributed by atoms with Crippen LogP contribution in [0.4, 0.5) is 17.8 Å². The number of nitrogens with one attached hydrogen (secondary N) is 2. The molecule has 2 aliphatic rings. The van der Waals surface area contributed by atoms with Crippen molar-refractivity contribution in [2.24, 2.45) is 17.8 Å². The second-order valence-corrected chi connectivity index (χ2v) is 9.74. The maximum Gasteiger partial charge on any atom is 0.302 e. The molecule has 4 rings (SSSR count). The number of hydrogen-bond donors (Lipinski definition) is 2. The zero-order valence-electron chi connectivity index (χ0n) is 18.3. The molecule has 2 fully saturated rings. The van der Waals surface area contributed by atoms with Crippen LogP contribution in [0.25, 0.3) is 0 Å². The fourth-order valence-electron chi connectivity index (χ4n) is 4.67. The van der Waals surface area contributed by atoms with E-state index in [2.05, 4.69) is 39.4 Å². The topological polar surface area (TPSA) is 96.2 Å². The first kappa shape index (κ1) is 21.9. The third-order valence-electron chi connectivity index (χ3n) is 6.22. The number of oxazole rings is 1. The van der Waals surface area contributed by atoms with Gasteiger partial charge in [0.15, 0.2) is 0 Å². The number of piperidine rings is 1. The maximum absolute atomic E-state index is 12.8. The van der Waals surface area contributed by atoms with Crippen molar-refractivity contribution in [3.8, 4) is 0 Å². The van der Waals surface area contributed by atoms with Gasteiger partial charge in [-0.15, -0.1) is 11.6 Å². The van der Waals surface area contributed by atoms with Crippen molar-refractivity contribution in [1.82, 2.24) is 20.3 Å². The highest BCUT2D eigenvalue weighted by molar-refractivity contribution is 6.20. The zero-order chi connectivity index (χ0) is 22.0. The lowest BCUT2D eigenvalue weighted by atomic mass is 9.74. The lowest BCUT2D eigenvalue weighted by Crippen LogP contribution is -2.55. The first-order valence-corrected chi connectivity index (χ1v) is 11.6. The quantitative estimate of drug-likeness (QED) is 0.621. The molecule has 3 heterocycles. The molecule has 0 radical (unpaired) electrons. The number of fused-ring (bicyclic) bond motifs is 1. The van der Waals surface area contributed by atoms with E-state index in [1.807, 2.05) is 17.9 Å². The number of alkyl halides is 1. The molecule has 0 bridgehead atoms. The van der Waals surface area contributed by atoms with Gasteiger partial charge in [-0.1, -0.05) is 13.8 Å². The molecule has 4 unspecified atom stereocenters. The number of nitrogens with zero attached hydrogens (tertiary/aromatic N) is 4. The van der Waals surface area contributed by atoms with Crippen LogP contribution in [0.3, 0.4) is 0 Å². The third-order valence-corrected chi connectivity index (χ3v) is 6.61. The molecule has 2 N–H and O–H groups in total. The Hall–Kier alpha value is -2.35. The number of amides is 1. The Morgan fingerprint density at radius 3 is 2.84 bits per heavy atom. The van der Waals surface area contributed by atoms with Crippen molar-refractivity contribution < 1.29 is 9.21 Å². The maximum atomic E-state index is 12.8. The van der Waals surface area contributed by atoms with Gasteiger partial charge in [0.05, 0.1) is 12.1 Å². The molecule has 1 aliphatic carbocycles. The number of carbonyl (C=O) groups excluding carboxylic acids is 1. The predicted octanol–water partition coefficient (Wildman–Crippen LogP) is 3.97. The van der Waals surface area contributed by atoms with E-state index in [0.717, 1.165) is 25.7 Å². The zero-order valence-corrected chi connectivity index (χ0v) is 19.0. The molecule has 9 heteroatoms. The molecule has 5 atom stereocenters. The first-order chi connectivity index (χ1) is 14.9. The summed E-state index contributed by atoms with van der Waals surface area (Å²) in [6, 6.07) is 2.49. The Balaban J connectivity index is 1.47. The lowest BCUT2D eigenvalue weighted by Gasteiger charge is -2.42. The summed E-state index contributed by atoms with van der Waals surface area (Å²) < 4.78 is 5.51. The van der Waals surface area contributed by atoms with E-state index in [9.17, 15) is 4.79 Å². The highest BCUT2D eigenvalue weighted by atomic mass is 35.5. The summed E-state index contributed by atoms with van der Waals surface area (Å²) in [5, 5.41) is 6.78. The van der Waals surface area contributed by atoms with Gasteiger partial charge in [-0.05, 0) is 50.5 Å². The normalized spacial score (nSPS) is 26.8. The number of carbonyl (C=O) groups is 1. The molecule has 168 valence electrons. The van der Waals surface area contributed by atoms with Crippen LogP contribution in [0.1, 0.15) is 46.5 Å². The number of aromatic nitrogens is 3. The van der Waals surface area contributed by atoms with Crippen molar-refractivity contribution >= 4 is 35.3 Å². The highest BCUT2D eigenvalue weighted by Crippen LogP contribution is 2.37. The van der Waals surface area contributed by atoms with Gasteiger partial charge in [-0.25, -0.2) is 9.97 Å². The van der Waals surface area contributed by atoms with Gasteiger partial charge in [0.1, 0.15) is 12.1 Å². The molecule has 2 aromatic heterocycles. The number of hydrogen-bond acceptors (Lipinski definition) is 7. The minimum atomic E-state index is -0.144. The monoisotopic (exact) mass is 446 g/mol. The fraction of sp³-hybridized carbons (Fsp3) is 0.636. The number of anilines is 3. The lowest BCUT2D eigenvalue weighted by molar-refractivity contribution is -0.130. The molecule has 31 heavy (non-hydrogen) atoms.